The van der Waals surface area contributed by atoms with Crippen molar-refractivity contribution < 1.29 is 4.79 Å². The number of amides is 1. The molecule has 2 heterocycles. The highest BCUT2D eigenvalue weighted by molar-refractivity contribution is 7.11. The van der Waals surface area contributed by atoms with Crippen LogP contribution >= 0.6 is 11.3 Å². The third-order valence-electron chi connectivity index (χ3n) is 4.97. The molecule has 0 spiro atoms. The maximum atomic E-state index is 12.8. The molecule has 1 N–H and O–H groups in total. The fraction of sp³-hybridized carbons (Fsp3) is 0.524. The summed E-state index contributed by atoms with van der Waals surface area (Å²) in [5, 5.41) is 4.35. The summed E-state index contributed by atoms with van der Waals surface area (Å²) in [5.74, 6) is 0.158. The van der Waals surface area contributed by atoms with Gasteiger partial charge in [-0.15, -0.1) is 11.3 Å². The SMILES string of the molecule is CCCc1nc(C)c(CNC(=O)[C@@H]2CCCCN2Cc2ccccc2)s1. The molecule has 5 heteroatoms. The number of hydrogen-bond acceptors (Lipinski definition) is 4. The van der Waals surface area contributed by atoms with E-state index in [1.54, 1.807) is 11.3 Å². The average Bonchev–Trinajstić information content (AvgIpc) is 3.01. The highest BCUT2D eigenvalue weighted by Gasteiger charge is 2.28. The molecule has 0 unspecified atom stereocenters. The van der Waals surface area contributed by atoms with Crippen LogP contribution in [0.5, 0.6) is 0 Å². The van der Waals surface area contributed by atoms with Crippen molar-refractivity contribution >= 4 is 17.2 Å². The summed E-state index contributed by atoms with van der Waals surface area (Å²) in [6, 6.07) is 10.4. The first kappa shape index (κ1) is 19.1. The zero-order valence-corrected chi connectivity index (χ0v) is 16.6. The number of thiazole rings is 1. The molecule has 1 aromatic heterocycles. The number of aryl methyl sites for hydroxylation is 2. The molecule has 0 radical (unpaired) electrons. The molecule has 4 nitrogen and oxygen atoms in total. The van der Waals surface area contributed by atoms with E-state index < -0.39 is 0 Å². The lowest BCUT2D eigenvalue weighted by atomic mass is 10.0. The molecule has 1 atom stereocenters. The maximum Gasteiger partial charge on any atom is 0.237 e. The molecule has 1 aliphatic heterocycles. The van der Waals surface area contributed by atoms with E-state index in [0.717, 1.165) is 44.5 Å². The van der Waals surface area contributed by atoms with Crippen LogP contribution in [-0.2, 0) is 24.3 Å². The fourth-order valence-corrected chi connectivity index (χ4v) is 4.66. The van der Waals surface area contributed by atoms with Crippen LogP contribution in [0.3, 0.4) is 0 Å². The smallest absolute Gasteiger partial charge is 0.237 e. The van der Waals surface area contributed by atoms with Gasteiger partial charge in [0.15, 0.2) is 0 Å². The number of rotatable bonds is 7. The molecule has 3 rings (SSSR count). The van der Waals surface area contributed by atoms with Crippen molar-refractivity contribution in [3.05, 3.63) is 51.5 Å². The van der Waals surface area contributed by atoms with Gasteiger partial charge in [0, 0.05) is 11.4 Å². The Morgan fingerprint density at radius 1 is 1.31 bits per heavy atom. The summed E-state index contributed by atoms with van der Waals surface area (Å²) in [4.78, 5) is 21.0. The number of nitrogens with one attached hydrogen (secondary N) is 1. The molecule has 26 heavy (non-hydrogen) atoms. The Labute approximate surface area is 160 Å². The molecule has 2 aromatic rings. The summed E-state index contributed by atoms with van der Waals surface area (Å²) >= 11 is 1.74. The van der Waals surface area contributed by atoms with E-state index in [2.05, 4.69) is 46.4 Å². The quantitative estimate of drug-likeness (QED) is 0.798. The normalized spacial score (nSPS) is 18.0. The molecule has 1 amide bonds. The first-order chi connectivity index (χ1) is 12.7. The lowest BCUT2D eigenvalue weighted by Crippen LogP contribution is -2.48. The molecule has 1 saturated heterocycles. The molecule has 0 aliphatic carbocycles. The number of carbonyl (C=O) groups excluding carboxylic acids is 1. The van der Waals surface area contributed by atoms with Crippen molar-refractivity contribution in [2.75, 3.05) is 6.54 Å². The minimum atomic E-state index is -0.0210. The predicted molar refractivity (Wildman–Crippen MR) is 107 cm³/mol. The second-order valence-corrected chi connectivity index (χ2v) is 8.22. The summed E-state index contributed by atoms with van der Waals surface area (Å²) in [6.07, 6.45) is 5.37. The van der Waals surface area contributed by atoms with Crippen molar-refractivity contribution in [3.8, 4) is 0 Å². The van der Waals surface area contributed by atoms with Crippen LogP contribution in [0.4, 0.5) is 0 Å². The Balaban J connectivity index is 1.60. The predicted octanol–water partition coefficient (Wildman–Crippen LogP) is 4.07. The van der Waals surface area contributed by atoms with Crippen molar-refractivity contribution in [2.24, 2.45) is 0 Å². The van der Waals surface area contributed by atoms with Crippen LogP contribution in [0.2, 0.25) is 0 Å². The standard InChI is InChI=1S/C21H29N3OS/c1-3-9-20-23-16(2)19(26-20)14-22-21(25)18-12-7-8-13-24(18)15-17-10-5-4-6-11-17/h4-6,10-11,18H,3,7-9,12-15H2,1-2H3,(H,22,25)/t18-/m0/s1. The third kappa shape index (κ3) is 4.92. The van der Waals surface area contributed by atoms with Crippen LogP contribution in [-0.4, -0.2) is 28.4 Å². The van der Waals surface area contributed by atoms with E-state index >= 15 is 0 Å². The van der Waals surface area contributed by atoms with E-state index in [9.17, 15) is 4.79 Å². The topological polar surface area (TPSA) is 45.2 Å². The highest BCUT2D eigenvalue weighted by atomic mass is 32.1. The van der Waals surface area contributed by atoms with E-state index in [-0.39, 0.29) is 11.9 Å². The van der Waals surface area contributed by atoms with Gasteiger partial charge in [-0.1, -0.05) is 43.7 Å². The van der Waals surface area contributed by atoms with E-state index in [1.807, 2.05) is 13.0 Å². The number of carbonyl (C=O) groups is 1. The first-order valence-electron chi connectivity index (χ1n) is 9.68. The fourth-order valence-electron chi connectivity index (χ4n) is 3.55. The van der Waals surface area contributed by atoms with E-state index in [1.165, 1.54) is 21.9 Å². The van der Waals surface area contributed by atoms with Gasteiger partial charge >= 0.3 is 0 Å². The van der Waals surface area contributed by atoms with Crippen LogP contribution in [0.15, 0.2) is 30.3 Å². The maximum absolute atomic E-state index is 12.8. The molecular weight excluding hydrogens is 342 g/mol. The lowest BCUT2D eigenvalue weighted by molar-refractivity contribution is -0.128. The van der Waals surface area contributed by atoms with Gasteiger partial charge in [-0.2, -0.15) is 0 Å². The summed E-state index contributed by atoms with van der Waals surface area (Å²) < 4.78 is 0. The van der Waals surface area contributed by atoms with Crippen molar-refractivity contribution in [2.45, 2.75) is 65.1 Å². The van der Waals surface area contributed by atoms with Crippen LogP contribution < -0.4 is 5.32 Å². The molecule has 0 saturated carbocycles. The molecule has 0 bridgehead atoms. The second kappa shape index (κ2) is 9.28. The number of aromatic nitrogens is 1. The number of benzene rings is 1. The number of likely N-dealkylation sites (tertiary alicyclic amines) is 1. The number of hydrogen-bond donors (Lipinski definition) is 1. The first-order valence-corrected chi connectivity index (χ1v) is 10.5. The van der Waals surface area contributed by atoms with Gasteiger partial charge in [0.25, 0.3) is 0 Å². The van der Waals surface area contributed by atoms with Crippen LogP contribution in [0.25, 0.3) is 0 Å². The molecule has 1 aromatic carbocycles. The van der Waals surface area contributed by atoms with Crippen LogP contribution in [0, 0.1) is 6.92 Å². The second-order valence-electron chi connectivity index (χ2n) is 7.05. The van der Waals surface area contributed by atoms with Gasteiger partial charge < -0.3 is 5.32 Å². The summed E-state index contributed by atoms with van der Waals surface area (Å²) in [7, 11) is 0. The van der Waals surface area contributed by atoms with Crippen LogP contribution in [0.1, 0.15) is 53.7 Å². The Bertz CT molecular complexity index is 713. The molecule has 1 fully saturated rings. The highest BCUT2D eigenvalue weighted by Crippen LogP contribution is 2.22. The van der Waals surface area contributed by atoms with Crippen molar-refractivity contribution in [1.82, 2.24) is 15.2 Å². The summed E-state index contributed by atoms with van der Waals surface area (Å²) in [6.45, 7) is 6.65. The van der Waals surface area contributed by atoms with Gasteiger partial charge in [0.2, 0.25) is 5.91 Å². The Hall–Kier alpha value is -1.72. The minimum Gasteiger partial charge on any atom is -0.350 e. The largest absolute Gasteiger partial charge is 0.350 e. The van der Waals surface area contributed by atoms with Crippen molar-refractivity contribution in [3.63, 3.8) is 0 Å². The van der Waals surface area contributed by atoms with Gasteiger partial charge in [-0.05, 0) is 44.7 Å². The Kier molecular flexibility index (Phi) is 6.80. The van der Waals surface area contributed by atoms with E-state index in [4.69, 9.17) is 0 Å². The number of nitrogens with zero attached hydrogens (tertiary/aromatic N) is 2. The van der Waals surface area contributed by atoms with Crippen molar-refractivity contribution in [1.29, 1.82) is 0 Å². The zero-order valence-electron chi connectivity index (χ0n) is 15.8. The molecular formula is C21H29N3OS. The van der Waals surface area contributed by atoms with Gasteiger partial charge in [0.05, 0.1) is 23.3 Å². The summed E-state index contributed by atoms with van der Waals surface area (Å²) in [5.41, 5.74) is 2.33. The molecule has 140 valence electrons. The van der Waals surface area contributed by atoms with Gasteiger partial charge in [0.1, 0.15) is 0 Å². The average molecular weight is 372 g/mol. The Morgan fingerprint density at radius 3 is 2.88 bits per heavy atom. The Morgan fingerprint density at radius 2 is 2.12 bits per heavy atom. The van der Waals surface area contributed by atoms with Gasteiger partial charge in [-0.25, -0.2) is 4.98 Å². The third-order valence-corrected chi connectivity index (χ3v) is 6.19. The van der Waals surface area contributed by atoms with E-state index in [0.29, 0.717) is 6.54 Å². The lowest BCUT2D eigenvalue weighted by Gasteiger charge is -2.34. The minimum absolute atomic E-state index is 0.0210. The van der Waals surface area contributed by atoms with Gasteiger partial charge in [-0.3, -0.25) is 9.69 Å². The zero-order chi connectivity index (χ0) is 18.4. The molecule has 1 aliphatic rings. The number of piperidine rings is 1. The monoisotopic (exact) mass is 371 g/mol.